The molecule has 0 bridgehead atoms. The maximum Gasteiger partial charge on any atom is 0.389 e. The van der Waals surface area contributed by atoms with Gasteiger partial charge in [-0.05, 0) is 25.2 Å². The van der Waals surface area contributed by atoms with Crippen LogP contribution in [-0.2, 0) is 13.6 Å². The molecule has 0 heterocycles. The summed E-state index contributed by atoms with van der Waals surface area (Å²) in [7, 11) is 0. The highest BCUT2D eigenvalue weighted by Crippen LogP contribution is 2.64. The lowest BCUT2D eigenvalue weighted by Crippen LogP contribution is -2.08. The molecule has 5 heteroatoms. The summed E-state index contributed by atoms with van der Waals surface area (Å²) >= 11 is 1.26. The third-order valence-corrected chi connectivity index (χ3v) is 5.83. The Kier molecular flexibility index (Phi) is 5.61. The Labute approximate surface area is 84.9 Å². The van der Waals surface area contributed by atoms with E-state index in [9.17, 15) is 4.57 Å². The molecular formula is C8H19O3PS. The van der Waals surface area contributed by atoms with E-state index in [4.69, 9.17) is 9.05 Å². The number of hydrogen-bond donors (Lipinski definition) is 0. The van der Waals surface area contributed by atoms with Crippen LogP contribution in [0.25, 0.3) is 0 Å². The van der Waals surface area contributed by atoms with Crippen molar-refractivity contribution in [1.29, 1.82) is 0 Å². The molecule has 0 N–H and O–H groups in total. The second kappa shape index (κ2) is 5.40. The summed E-state index contributed by atoms with van der Waals surface area (Å²) in [5.74, 6) is 0. The highest BCUT2D eigenvalue weighted by molar-refractivity contribution is 8.55. The van der Waals surface area contributed by atoms with Crippen LogP contribution < -0.4 is 0 Å². The van der Waals surface area contributed by atoms with Crippen LogP contribution in [0, 0.1) is 0 Å². The van der Waals surface area contributed by atoms with Crippen LogP contribution in [0.1, 0.15) is 34.6 Å². The Bertz CT molecular complexity index is 178. The summed E-state index contributed by atoms with van der Waals surface area (Å²) in [6.07, 6.45) is 0. The smallest absolute Gasteiger partial charge is 0.301 e. The molecule has 0 aliphatic carbocycles. The highest BCUT2D eigenvalue weighted by Gasteiger charge is 2.31. The number of hydrogen-bond acceptors (Lipinski definition) is 4. The standard InChI is InChI=1S/C8H19O3PS/c1-6-10-12(9,11-7-2)13-8(3,4)5/h6-7H2,1-5H3. The van der Waals surface area contributed by atoms with Crippen molar-refractivity contribution in [2.75, 3.05) is 13.2 Å². The second-order valence-electron chi connectivity index (χ2n) is 3.49. The zero-order valence-electron chi connectivity index (χ0n) is 8.99. The van der Waals surface area contributed by atoms with Crippen molar-refractivity contribution in [3.63, 3.8) is 0 Å². The van der Waals surface area contributed by atoms with Crippen molar-refractivity contribution in [3.05, 3.63) is 0 Å². The second-order valence-corrected chi connectivity index (χ2v) is 8.19. The van der Waals surface area contributed by atoms with Gasteiger partial charge in [-0.15, -0.1) is 0 Å². The average molecular weight is 226 g/mol. The van der Waals surface area contributed by atoms with E-state index in [2.05, 4.69) is 0 Å². The van der Waals surface area contributed by atoms with Crippen molar-refractivity contribution >= 4 is 18.2 Å². The third kappa shape index (κ3) is 6.55. The van der Waals surface area contributed by atoms with E-state index < -0.39 is 6.80 Å². The van der Waals surface area contributed by atoms with Crippen LogP contribution in [0.3, 0.4) is 0 Å². The Morgan fingerprint density at radius 1 is 1.15 bits per heavy atom. The van der Waals surface area contributed by atoms with Crippen LogP contribution in [0.2, 0.25) is 0 Å². The molecule has 13 heavy (non-hydrogen) atoms. The Hall–Kier alpha value is 0.500. The maximum atomic E-state index is 11.9. The quantitative estimate of drug-likeness (QED) is 0.669. The topological polar surface area (TPSA) is 35.5 Å². The van der Waals surface area contributed by atoms with Gasteiger partial charge in [-0.3, -0.25) is 0 Å². The summed E-state index contributed by atoms with van der Waals surface area (Å²) in [4.78, 5) is 0. The minimum absolute atomic E-state index is 0.111. The molecule has 0 aromatic rings. The van der Waals surface area contributed by atoms with E-state index in [1.54, 1.807) is 0 Å². The predicted octanol–water partition coefficient (Wildman–Crippen LogP) is 3.70. The Morgan fingerprint density at radius 2 is 1.54 bits per heavy atom. The first-order valence-corrected chi connectivity index (χ1v) is 7.39. The van der Waals surface area contributed by atoms with Gasteiger partial charge in [-0.1, -0.05) is 20.8 Å². The lowest BCUT2D eigenvalue weighted by atomic mass is 10.3. The molecule has 0 aliphatic heterocycles. The first kappa shape index (κ1) is 13.5. The molecule has 0 saturated heterocycles. The molecule has 0 saturated carbocycles. The molecule has 0 radical (unpaired) electrons. The van der Waals surface area contributed by atoms with E-state index in [1.807, 2.05) is 34.6 Å². The number of rotatable bonds is 5. The lowest BCUT2D eigenvalue weighted by molar-refractivity contribution is 0.236. The molecule has 0 spiro atoms. The summed E-state index contributed by atoms with van der Waals surface area (Å²) in [5.41, 5.74) is 0. The van der Waals surface area contributed by atoms with Crippen molar-refractivity contribution in [1.82, 2.24) is 0 Å². The minimum Gasteiger partial charge on any atom is -0.301 e. The summed E-state index contributed by atoms with van der Waals surface area (Å²) in [5, 5.41) is 0. The van der Waals surface area contributed by atoms with Gasteiger partial charge in [-0.2, -0.15) is 0 Å². The van der Waals surface area contributed by atoms with Crippen LogP contribution >= 0.6 is 18.2 Å². The summed E-state index contributed by atoms with van der Waals surface area (Å²) < 4.78 is 22.1. The monoisotopic (exact) mass is 226 g/mol. The van der Waals surface area contributed by atoms with E-state index in [0.717, 1.165) is 0 Å². The first-order valence-electron chi connectivity index (χ1n) is 4.43. The van der Waals surface area contributed by atoms with Crippen molar-refractivity contribution in [3.8, 4) is 0 Å². The van der Waals surface area contributed by atoms with E-state index >= 15 is 0 Å². The zero-order valence-corrected chi connectivity index (χ0v) is 10.7. The zero-order chi connectivity index (χ0) is 10.5. The van der Waals surface area contributed by atoms with Gasteiger partial charge in [-0.25, -0.2) is 4.57 Å². The van der Waals surface area contributed by atoms with Gasteiger partial charge in [0.15, 0.2) is 0 Å². The Morgan fingerprint density at radius 3 is 1.77 bits per heavy atom. The molecule has 0 fully saturated rings. The lowest BCUT2D eigenvalue weighted by Gasteiger charge is -2.23. The molecule has 0 amide bonds. The van der Waals surface area contributed by atoms with Crippen LogP contribution in [0.5, 0.6) is 0 Å². The molecule has 0 atom stereocenters. The molecule has 0 unspecified atom stereocenters. The predicted molar refractivity (Wildman–Crippen MR) is 58.2 cm³/mol. The largest absolute Gasteiger partial charge is 0.389 e. The normalized spacial score (nSPS) is 13.3. The fourth-order valence-electron chi connectivity index (χ4n) is 0.742. The van der Waals surface area contributed by atoms with Crippen LogP contribution in [0.15, 0.2) is 0 Å². The molecule has 0 rings (SSSR count). The van der Waals surface area contributed by atoms with Gasteiger partial charge >= 0.3 is 6.80 Å². The SMILES string of the molecule is CCOP(=O)(OCC)SC(C)(C)C. The molecular weight excluding hydrogens is 207 g/mol. The first-order chi connectivity index (χ1) is 5.83. The van der Waals surface area contributed by atoms with E-state index in [0.29, 0.717) is 13.2 Å². The van der Waals surface area contributed by atoms with Gasteiger partial charge in [0.1, 0.15) is 0 Å². The fourth-order valence-corrected chi connectivity index (χ4v) is 5.19. The maximum absolute atomic E-state index is 11.9. The molecule has 3 nitrogen and oxygen atoms in total. The van der Waals surface area contributed by atoms with Gasteiger partial charge in [0, 0.05) is 4.75 Å². The van der Waals surface area contributed by atoms with Crippen LogP contribution in [0.4, 0.5) is 0 Å². The fraction of sp³-hybridized carbons (Fsp3) is 1.00. The average Bonchev–Trinajstić information content (AvgIpc) is 1.82. The minimum atomic E-state index is -2.92. The molecule has 0 aliphatic rings. The highest BCUT2D eigenvalue weighted by atomic mass is 32.7. The molecule has 0 aromatic heterocycles. The van der Waals surface area contributed by atoms with Crippen LogP contribution in [-0.4, -0.2) is 18.0 Å². The van der Waals surface area contributed by atoms with Crippen molar-refractivity contribution in [2.45, 2.75) is 39.4 Å². The molecule has 0 aromatic carbocycles. The summed E-state index contributed by atoms with van der Waals surface area (Å²) in [6.45, 7) is 7.50. The van der Waals surface area contributed by atoms with Gasteiger partial charge in [0.2, 0.25) is 0 Å². The van der Waals surface area contributed by atoms with E-state index in [1.165, 1.54) is 11.4 Å². The van der Waals surface area contributed by atoms with Crippen molar-refractivity contribution < 1.29 is 13.6 Å². The Balaban J connectivity index is 4.33. The van der Waals surface area contributed by atoms with E-state index in [-0.39, 0.29) is 4.75 Å². The van der Waals surface area contributed by atoms with Gasteiger partial charge < -0.3 is 9.05 Å². The molecule has 80 valence electrons. The third-order valence-electron chi connectivity index (χ3n) is 0.960. The van der Waals surface area contributed by atoms with Crippen molar-refractivity contribution in [2.24, 2.45) is 0 Å². The van der Waals surface area contributed by atoms with Gasteiger partial charge in [0.05, 0.1) is 13.2 Å². The van der Waals surface area contributed by atoms with Gasteiger partial charge in [0.25, 0.3) is 0 Å². The summed E-state index contributed by atoms with van der Waals surface area (Å²) in [6, 6.07) is 0.